The average Bonchev–Trinajstić information content (AvgIpc) is 2.36. The average molecular weight is 271 g/mol. The Kier molecular flexibility index (Phi) is 3.57. The largest absolute Gasteiger partial charge is 0.388 e. The van der Waals surface area contributed by atoms with Gasteiger partial charge in [0, 0.05) is 5.56 Å². The quantitative estimate of drug-likeness (QED) is 0.901. The molecular weight excluding hydrogens is 250 g/mol. The van der Waals surface area contributed by atoms with Crippen LogP contribution in [0.2, 0.25) is 0 Å². The first kappa shape index (κ1) is 14.5. The predicted octanol–water partition coefficient (Wildman–Crippen LogP) is 3.12. The van der Waals surface area contributed by atoms with E-state index in [-0.39, 0.29) is 5.91 Å². The van der Waals surface area contributed by atoms with Gasteiger partial charge in [0.25, 0.3) is 5.91 Å². The number of aliphatic hydroxyl groups is 1. The van der Waals surface area contributed by atoms with Crippen molar-refractivity contribution < 1.29 is 9.90 Å². The third-order valence-electron chi connectivity index (χ3n) is 3.99. The summed E-state index contributed by atoms with van der Waals surface area (Å²) in [6.07, 6.45) is 0. The highest BCUT2D eigenvalue weighted by atomic mass is 16.3. The van der Waals surface area contributed by atoms with Gasteiger partial charge in [-0.2, -0.15) is 0 Å². The van der Waals surface area contributed by atoms with Gasteiger partial charge in [0.15, 0.2) is 0 Å². The van der Waals surface area contributed by atoms with Crippen molar-refractivity contribution >= 4 is 16.7 Å². The predicted molar refractivity (Wildman–Crippen MR) is 81.8 cm³/mol. The molecule has 3 nitrogen and oxygen atoms in total. The topological polar surface area (TPSA) is 49.3 Å². The molecule has 0 radical (unpaired) electrons. The van der Waals surface area contributed by atoms with E-state index in [1.165, 1.54) is 0 Å². The maximum atomic E-state index is 12.5. The molecule has 2 rings (SSSR count). The summed E-state index contributed by atoms with van der Waals surface area (Å²) in [6.45, 7) is 7.01. The molecule has 2 aromatic rings. The van der Waals surface area contributed by atoms with Gasteiger partial charge in [-0.25, -0.2) is 0 Å². The number of amides is 1. The van der Waals surface area contributed by atoms with E-state index < -0.39 is 11.1 Å². The van der Waals surface area contributed by atoms with Crippen molar-refractivity contribution in [2.24, 2.45) is 0 Å². The maximum absolute atomic E-state index is 12.5. The van der Waals surface area contributed by atoms with Gasteiger partial charge >= 0.3 is 0 Å². The molecule has 0 unspecified atom stereocenters. The van der Waals surface area contributed by atoms with Crippen LogP contribution in [0.5, 0.6) is 0 Å². The molecule has 0 fully saturated rings. The number of rotatable bonds is 3. The summed E-state index contributed by atoms with van der Waals surface area (Å²) in [6, 6.07) is 13.4. The molecule has 0 aliphatic heterocycles. The second-order valence-electron chi connectivity index (χ2n) is 6.16. The monoisotopic (exact) mass is 271 g/mol. The Bertz CT molecular complexity index is 633. The standard InChI is InChI=1S/C17H21NO2/c1-16(2,17(3,4)20)18-15(19)14-11-7-9-12-8-5-6-10-13(12)14/h5-11,20H,1-4H3,(H,18,19). The molecule has 0 aromatic heterocycles. The number of nitrogens with one attached hydrogen (secondary N) is 1. The normalized spacial score (nSPS) is 12.4. The summed E-state index contributed by atoms with van der Waals surface area (Å²) in [7, 11) is 0. The van der Waals surface area contributed by atoms with Gasteiger partial charge in [0.1, 0.15) is 0 Å². The van der Waals surface area contributed by atoms with E-state index >= 15 is 0 Å². The van der Waals surface area contributed by atoms with Crippen LogP contribution in [0.4, 0.5) is 0 Å². The Morgan fingerprint density at radius 1 is 1.00 bits per heavy atom. The Morgan fingerprint density at radius 3 is 2.25 bits per heavy atom. The Balaban J connectivity index is 2.38. The van der Waals surface area contributed by atoms with Crippen molar-refractivity contribution in [2.75, 3.05) is 0 Å². The highest BCUT2D eigenvalue weighted by molar-refractivity contribution is 6.07. The second-order valence-corrected chi connectivity index (χ2v) is 6.16. The molecule has 0 bridgehead atoms. The highest BCUT2D eigenvalue weighted by Gasteiger charge is 2.36. The van der Waals surface area contributed by atoms with Crippen LogP contribution in [0.25, 0.3) is 10.8 Å². The number of benzene rings is 2. The van der Waals surface area contributed by atoms with Crippen molar-refractivity contribution in [3.8, 4) is 0 Å². The van der Waals surface area contributed by atoms with E-state index in [2.05, 4.69) is 5.32 Å². The van der Waals surface area contributed by atoms with Gasteiger partial charge < -0.3 is 10.4 Å². The van der Waals surface area contributed by atoms with Crippen LogP contribution in [-0.2, 0) is 0 Å². The zero-order valence-electron chi connectivity index (χ0n) is 12.4. The minimum absolute atomic E-state index is 0.172. The number of hydrogen-bond acceptors (Lipinski definition) is 2. The van der Waals surface area contributed by atoms with Crippen molar-refractivity contribution in [3.63, 3.8) is 0 Å². The Hall–Kier alpha value is -1.87. The van der Waals surface area contributed by atoms with Gasteiger partial charge in [-0.3, -0.25) is 4.79 Å². The molecule has 0 saturated heterocycles. The van der Waals surface area contributed by atoms with E-state index in [1.54, 1.807) is 19.9 Å². The second kappa shape index (κ2) is 4.91. The van der Waals surface area contributed by atoms with E-state index in [1.807, 2.05) is 50.2 Å². The summed E-state index contributed by atoms with van der Waals surface area (Å²) in [4.78, 5) is 12.5. The lowest BCUT2D eigenvalue weighted by Gasteiger charge is -2.38. The summed E-state index contributed by atoms with van der Waals surface area (Å²) in [5, 5.41) is 15.0. The van der Waals surface area contributed by atoms with E-state index in [4.69, 9.17) is 0 Å². The zero-order valence-corrected chi connectivity index (χ0v) is 12.4. The van der Waals surface area contributed by atoms with Gasteiger partial charge in [0.05, 0.1) is 11.1 Å². The SMILES string of the molecule is CC(C)(O)C(C)(C)NC(=O)c1cccc2ccccc12. The molecule has 3 heteroatoms. The van der Waals surface area contributed by atoms with Gasteiger partial charge in [-0.15, -0.1) is 0 Å². The molecular formula is C17H21NO2. The molecule has 2 aromatic carbocycles. The van der Waals surface area contributed by atoms with E-state index in [9.17, 15) is 9.90 Å². The van der Waals surface area contributed by atoms with Crippen LogP contribution < -0.4 is 5.32 Å². The van der Waals surface area contributed by atoms with Crippen molar-refractivity contribution in [1.82, 2.24) is 5.32 Å². The third-order valence-corrected chi connectivity index (χ3v) is 3.99. The number of carbonyl (C=O) groups is 1. The summed E-state index contributed by atoms with van der Waals surface area (Å²) >= 11 is 0. The Morgan fingerprint density at radius 2 is 1.60 bits per heavy atom. The van der Waals surface area contributed by atoms with Crippen molar-refractivity contribution in [2.45, 2.75) is 38.8 Å². The fraction of sp³-hybridized carbons (Fsp3) is 0.353. The van der Waals surface area contributed by atoms with Crippen LogP contribution >= 0.6 is 0 Å². The third kappa shape index (κ3) is 2.68. The van der Waals surface area contributed by atoms with Crippen molar-refractivity contribution in [1.29, 1.82) is 0 Å². The lowest BCUT2D eigenvalue weighted by Crippen LogP contribution is -2.57. The van der Waals surface area contributed by atoms with Crippen LogP contribution in [0.15, 0.2) is 42.5 Å². The van der Waals surface area contributed by atoms with E-state index in [0.29, 0.717) is 5.56 Å². The fourth-order valence-corrected chi connectivity index (χ4v) is 1.93. The first-order chi connectivity index (χ1) is 9.22. The van der Waals surface area contributed by atoms with Crippen LogP contribution in [0.1, 0.15) is 38.1 Å². The lowest BCUT2D eigenvalue weighted by atomic mass is 9.85. The van der Waals surface area contributed by atoms with Crippen molar-refractivity contribution in [3.05, 3.63) is 48.0 Å². The highest BCUT2D eigenvalue weighted by Crippen LogP contribution is 2.23. The lowest BCUT2D eigenvalue weighted by molar-refractivity contribution is -0.00289. The molecule has 0 saturated carbocycles. The molecule has 0 aliphatic rings. The molecule has 0 spiro atoms. The first-order valence-corrected chi connectivity index (χ1v) is 6.75. The van der Waals surface area contributed by atoms with E-state index in [0.717, 1.165) is 10.8 Å². The molecule has 0 aliphatic carbocycles. The van der Waals surface area contributed by atoms with Gasteiger partial charge in [0.2, 0.25) is 0 Å². The number of fused-ring (bicyclic) bond motifs is 1. The minimum Gasteiger partial charge on any atom is -0.388 e. The number of hydrogen-bond donors (Lipinski definition) is 2. The van der Waals surface area contributed by atoms with Gasteiger partial charge in [-0.1, -0.05) is 36.4 Å². The van der Waals surface area contributed by atoms with Gasteiger partial charge in [-0.05, 0) is 44.5 Å². The minimum atomic E-state index is -1.01. The molecule has 0 heterocycles. The van der Waals surface area contributed by atoms with Crippen LogP contribution in [0, 0.1) is 0 Å². The molecule has 2 N–H and O–H groups in total. The fourth-order valence-electron chi connectivity index (χ4n) is 1.93. The number of carbonyl (C=O) groups excluding carboxylic acids is 1. The molecule has 106 valence electrons. The van der Waals surface area contributed by atoms with Crippen LogP contribution in [0.3, 0.4) is 0 Å². The summed E-state index contributed by atoms with van der Waals surface area (Å²) in [5.41, 5.74) is -1.10. The molecule has 20 heavy (non-hydrogen) atoms. The molecule has 1 amide bonds. The smallest absolute Gasteiger partial charge is 0.252 e. The molecule has 0 atom stereocenters. The first-order valence-electron chi connectivity index (χ1n) is 6.75. The van der Waals surface area contributed by atoms with Crippen LogP contribution in [-0.4, -0.2) is 22.2 Å². The summed E-state index contributed by atoms with van der Waals surface area (Å²) < 4.78 is 0. The zero-order chi connectivity index (χ0) is 15.0. The summed E-state index contributed by atoms with van der Waals surface area (Å²) in [5.74, 6) is -0.172. The Labute approximate surface area is 119 Å². The maximum Gasteiger partial charge on any atom is 0.252 e.